The second kappa shape index (κ2) is 5.25. The van der Waals surface area contributed by atoms with Crippen LogP contribution in [0, 0.1) is 5.41 Å². The third kappa shape index (κ3) is 4.32. The molecule has 0 aliphatic carbocycles. The Kier molecular flexibility index (Phi) is 4.02. The molecule has 1 unspecified atom stereocenters. The number of hydrogen-bond acceptors (Lipinski definition) is 3. The predicted octanol–water partition coefficient (Wildman–Crippen LogP) is 2.23. The van der Waals surface area contributed by atoms with Crippen LogP contribution in [0.25, 0.3) is 0 Å². The number of nitrogens with zero attached hydrogens (tertiary/aromatic N) is 1. The van der Waals surface area contributed by atoms with Crippen LogP contribution in [0.5, 0.6) is 0 Å². The summed E-state index contributed by atoms with van der Waals surface area (Å²) in [5.74, 6) is 0. The SMILES string of the molecule is CC(C)(C)CC(C)(C)NCC1Cc2nc[nH]c2CN1. The van der Waals surface area contributed by atoms with Crippen molar-refractivity contribution >= 4 is 0 Å². The first kappa shape index (κ1) is 14.5. The minimum atomic E-state index is 0.172. The molecule has 3 N–H and O–H groups in total. The smallest absolute Gasteiger partial charge is 0.0925 e. The molecule has 4 nitrogen and oxygen atoms in total. The molecule has 2 rings (SSSR count). The zero-order chi connectivity index (χ0) is 14.1. The standard InChI is InChI=1S/C15H28N4/c1-14(2,3)9-15(4,5)19-7-11-6-12-13(8-16-11)18-10-17-12/h10-11,16,19H,6-9H2,1-5H3,(H,17,18). The molecule has 1 aliphatic heterocycles. The molecule has 108 valence electrons. The molecule has 0 fully saturated rings. The molecule has 4 heteroatoms. The van der Waals surface area contributed by atoms with Gasteiger partial charge in [-0.25, -0.2) is 4.98 Å². The lowest BCUT2D eigenvalue weighted by Gasteiger charge is -2.35. The van der Waals surface area contributed by atoms with E-state index in [1.54, 1.807) is 6.33 Å². The summed E-state index contributed by atoms with van der Waals surface area (Å²) in [4.78, 5) is 7.58. The van der Waals surface area contributed by atoms with Crippen molar-refractivity contribution in [3.8, 4) is 0 Å². The van der Waals surface area contributed by atoms with E-state index in [2.05, 4.69) is 55.2 Å². The Balaban J connectivity index is 1.83. The van der Waals surface area contributed by atoms with Crippen molar-refractivity contribution in [2.75, 3.05) is 6.54 Å². The summed E-state index contributed by atoms with van der Waals surface area (Å²) in [5, 5.41) is 7.27. The van der Waals surface area contributed by atoms with Gasteiger partial charge in [0.1, 0.15) is 0 Å². The minimum Gasteiger partial charge on any atom is -0.347 e. The average Bonchev–Trinajstić information content (AvgIpc) is 2.70. The van der Waals surface area contributed by atoms with Crippen molar-refractivity contribution < 1.29 is 0 Å². The number of hydrogen-bond donors (Lipinski definition) is 3. The molecular weight excluding hydrogens is 236 g/mol. The highest BCUT2D eigenvalue weighted by molar-refractivity contribution is 5.16. The van der Waals surface area contributed by atoms with Crippen LogP contribution in [0.3, 0.4) is 0 Å². The minimum absolute atomic E-state index is 0.172. The van der Waals surface area contributed by atoms with Gasteiger partial charge in [-0.05, 0) is 25.7 Å². The summed E-state index contributed by atoms with van der Waals surface area (Å²) in [7, 11) is 0. The van der Waals surface area contributed by atoms with Gasteiger partial charge in [-0.3, -0.25) is 0 Å². The number of aromatic amines is 1. The van der Waals surface area contributed by atoms with Gasteiger partial charge < -0.3 is 15.6 Å². The van der Waals surface area contributed by atoms with Crippen LogP contribution in [0.1, 0.15) is 52.4 Å². The van der Waals surface area contributed by atoms with Crippen LogP contribution in [0.2, 0.25) is 0 Å². The number of nitrogens with one attached hydrogen (secondary N) is 3. The van der Waals surface area contributed by atoms with E-state index in [1.807, 2.05) is 0 Å². The summed E-state index contributed by atoms with van der Waals surface area (Å²) in [5.41, 5.74) is 2.99. The topological polar surface area (TPSA) is 52.7 Å². The molecule has 0 saturated carbocycles. The van der Waals surface area contributed by atoms with E-state index in [1.165, 1.54) is 17.8 Å². The predicted molar refractivity (Wildman–Crippen MR) is 79.1 cm³/mol. The van der Waals surface area contributed by atoms with E-state index in [0.717, 1.165) is 19.5 Å². The largest absolute Gasteiger partial charge is 0.347 e. The van der Waals surface area contributed by atoms with E-state index in [4.69, 9.17) is 0 Å². The van der Waals surface area contributed by atoms with Crippen molar-refractivity contribution in [2.45, 2.75) is 65.6 Å². The Hall–Kier alpha value is -0.870. The fourth-order valence-electron chi connectivity index (χ4n) is 3.16. The Labute approximate surface area is 116 Å². The molecule has 0 amide bonds. The van der Waals surface area contributed by atoms with E-state index in [9.17, 15) is 0 Å². The second-order valence-corrected chi connectivity index (χ2v) is 7.61. The van der Waals surface area contributed by atoms with E-state index >= 15 is 0 Å². The van der Waals surface area contributed by atoms with Gasteiger partial charge in [-0.1, -0.05) is 20.8 Å². The van der Waals surface area contributed by atoms with Gasteiger partial charge in [-0.15, -0.1) is 0 Å². The normalized spacial score (nSPS) is 20.4. The monoisotopic (exact) mass is 264 g/mol. The third-order valence-electron chi connectivity index (χ3n) is 3.61. The molecule has 0 saturated heterocycles. The molecule has 19 heavy (non-hydrogen) atoms. The van der Waals surface area contributed by atoms with Crippen LogP contribution >= 0.6 is 0 Å². The van der Waals surface area contributed by atoms with Crippen molar-refractivity contribution in [3.05, 3.63) is 17.7 Å². The molecule has 2 heterocycles. The Morgan fingerprint density at radius 3 is 2.74 bits per heavy atom. The van der Waals surface area contributed by atoms with Gasteiger partial charge in [0.2, 0.25) is 0 Å². The van der Waals surface area contributed by atoms with Crippen LogP contribution in [-0.2, 0) is 13.0 Å². The molecule has 0 spiro atoms. The zero-order valence-corrected chi connectivity index (χ0v) is 12.9. The molecule has 0 radical (unpaired) electrons. The molecule has 1 atom stereocenters. The Morgan fingerprint density at radius 1 is 1.32 bits per heavy atom. The van der Waals surface area contributed by atoms with Crippen LogP contribution in [0.4, 0.5) is 0 Å². The van der Waals surface area contributed by atoms with Crippen molar-refractivity contribution in [1.82, 2.24) is 20.6 Å². The number of fused-ring (bicyclic) bond motifs is 1. The lowest BCUT2D eigenvalue weighted by Crippen LogP contribution is -2.50. The number of imidazole rings is 1. The zero-order valence-electron chi connectivity index (χ0n) is 12.9. The van der Waals surface area contributed by atoms with Gasteiger partial charge in [0, 0.05) is 31.1 Å². The molecule has 1 aromatic heterocycles. The Bertz CT molecular complexity index is 414. The maximum absolute atomic E-state index is 4.39. The fraction of sp³-hybridized carbons (Fsp3) is 0.800. The van der Waals surface area contributed by atoms with Crippen molar-refractivity contribution in [2.24, 2.45) is 5.41 Å². The van der Waals surface area contributed by atoms with E-state index < -0.39 is 0 Å². The first-order chi connectivity index (χ1) is 8.75. The number of aromatic nitrogens is 2. The summed E-state index contributed by atoms with van der Waals surface area (Å²) in [6, 6.07) is 0.482. The Morgan fingerprint density at radius 2 is 2.05 bits per heavy atom. The van der Waals surface area contributed by atoms with Crippen molar-refractivity contribution in [3.63, 3.8) is 0 Å². The maximum Gasteiger partial charge on any atom is 0.0925 e. The maximum atomic E-state index is 4.39. The van der Waals surface area contributed by atoms with Crippen LogP contribution < -0.4 is 10.6 Å². The summed E-state index contributed by atoms with van der Waals surface area (Å²) in [6.45, 7) is 13.4. The fourth-order valence-corrected chi connectivity index (χ4v) is 3.16. The highest BCUT2D eigenvalue weighted by atomic mass is 15.1. The third-order valence-corrected chi connectivity index (χ3v) is 3.61. The second-order valence-electron chi connectivity index (χ2n) is 7.61. The quantitative estimate of drug-likeness (QED) is 0.781. The number of H-pyrrole nitrogens is 1. The van der Waals surface area contributed by atoms with E-state index in [-0.39, 0.29) is 5.54 Å². The highest BCUT2D eigenvalue weighted by Gasteiger charge is 2.27. The first-order valence-corrected chi connectivity index (χ1v) is 7.25. The lowest BCUT2D eigenvalue weighted by molar-refractivity contribution is 0.233. The van der Waals surface area contributed by atoms with Gasteiger partial charge >= 0.3 is 0 Å². The molecule has 1 aromatic rings. The summed E-state index contributed by atoms with van der Waals surface area (Å²) in [6.07, 6.45) is 3.98. The van der Waals surface area contributed by atoms with Crippen LogP contribution in [0.15, 0.2) is 6.33 Å². The van der Waals surface area contributed by atoms with Gasteiger partial charge in [0.05, 0.1) is 17.7 Å². The number of rotatable bonds is 4. The summed E-state index contributed by atoms with van der Waals surface area (Å²) >= 11 is 0. The first-order valence-electron chi connectivity index (χ1n) is 7.25. The molecule has 0 bridgehead atoms. The molecule has 1 aliphatic rings. The van der Waals surface area contributed by atoms with E-state index in [0.29, 0.717) is 11.5 Å². The molecular formula is C15H28N4. The van der Waals surface area contributed by atoms with Crippen LogP contribution in [-0.4, -0.2) is 28.1 Å². The highest BCUT2D eigenvalue weighted by Crippen LogP contribution is 2.26. The van der Waals surface area contributed by atoms with Gasteiger partial charge in [0.25, 0.3) is 0 Å². The lowest BCUT2D eigenvalue weighted by atomic mass is 9.81. The molecule has 0 aromatic carbocycles. The summed E-state index contributed by atoms with van der Waals surface area (Å²) < 4.78 is 0. The van der Waals surface area contributed by atoms with Crippen molar-refractivity contribution in [1.29, 1.82) is 0 Å². The van der Waals surface area contributed by atoms with Gasteiger partial charge in [-0.2, -0.15) is 0 Å². The average molecular weight is 264 g/mol. The van der Waals surface area contributed by atoms with Gasteiger partial charge in [0.15, 0.2) is 0 Å².